The van der Waals surface area contributed by atoms with E-state index in [-0.39, 0.29) is 11.4 Å². The molecule has 0 aliphatic heterocycles. The van der Waals surface area contributed by atoms with Gasteiger partial charge in [-0.05, 0) is 30.9 Å². The van der Waals surface area contributed by atoms with Gasteiger partial charge in [0.25, 0.3) is 5.56 Å². The molecule has 0 spiro atoms. The fraction of sp³-hybridized carbons (Fsp3) is 0.381. The van der Waals surface area contributed by atoms with E-state index in [1.54, 1.807) is 0 Å². The van der Waals surface area contributed by atoms with Crippen molar-refractivity contribution in [1.82, 2.24) is 14.5 Å². The Hall–Kier alpha value is -3.09. The lowest BCUT2D eigenvalue weighted by Crippen LogP contribution is -2.34. The summed E-state index contributed by atoms with van der Waals surface area (Å²) in [6.07, 6.45) is 4.77. The standard InChI is InChI=1S/C21H26N4O3/c1-3-5-12-25-20(27)18(19(26)24-21(25)28)16(4-2)22-11-10-14-13-23-17-9-7-6-8-15(14)17/h6-9,13,23,27H,3-5,10-12H2,1-2H3,(H,24,26,28). The minimum Gasteiger partial charge on any atom is -0.494 e. The van der Waals surface area contributed by atoms with Crippen LogP contribution in [-0.4, -0.2) is 31.9 Å². The van der Waals surface area contributed by atoms with Crippen molar-refractivity contribution in [3.63, 3.8) is 0 Å². The van der Waals surface area contributed by atoms with Crippen molar-refractivity contribution in [1.29, 1.82) is 0 Å². The summed E-state index contributed by atoms with van der Waals surface area (Å²) in [4.78, 5) is 34.5. The van der Waals surface area contributed by atoms with Crippen LogP contribution in [0.4, 0.5) is 0 Å². The van der Waals surface area contributed by atoms with Gasteiger partial charge < -0.3 is 10.1 Å². The van der Waals surface area contributed by atoms with Crippen molar-refractivity contribution < 1.29 is 5.11 Å². The normalized spacial score (nSPS) is 12.0. The first-order chi connectivity index (χ1) is 13.6. The largest absolute Gasteiger partial charge is 0.494 e. The van der Waals surface area contributed by atoms with Crippen molar-refractivity contribution in [2.24, 2.45) is 4.99 Å². The molecule has 28 heavy (non-hydrogen) atoms. The number of rotatable bonds is 8. The Balaban J connectivity index is 1.88. The number of unbranched alkanes of at least 4 members (excludes halogenated alkanes) is 1. The zero-order valence-electron chi connectivity index (χ0n) is 16.3. The van der Waals surface area contributed by atoms with Gasteiger partial charge in [-0.25, -0.2) is 4.79 Å². The van der Waals surface area contributed by atoms with Crippen LogP contribution in [0.1, 0.15) is 44.2 Å². The van der Waals surface area contributed by atoms with Crippen LogP contribution in [0.2, 0.25) is 0 Å². The number of benzene rings is 1. The first-order valence-corrected chi connectivity index (χ1v) is 9.71. The Kier molecular flexibility index (Phi) is 6.13. The summed E-state index contributed by atoms with van der Waals surface area (Å²) >= 11 is 0. The van der Waals surface area contributed by atoms with Crippen LogP contribution in [0.3, 0.4) is 0 Å². The summed E-state index contributed by atoms with van der Waals surface area (Å²) in [5.74, 6) is -0.296. The van der Waals surface area contributed by atoms with Crippen LogP contribution in [0.25, 0.3) is 10.9 Å². The van der Waals surface area contributed by atoms with Crippen LogP contribution in [0, 0.1) is 0 Å². The van der Waals surface area contributed by atoms with E-state index in [0.29, 0.717) is 31.6 Å². The monoisotopic (exact) mass is 382 g/mol. The Morgan fingerprint density at radius 1 is 1.21 bits per heavy atom. The first-order valence-electron chi connectivity index (χ1n) is 9.71. The number of aromatic nitrogens is 3. The van der Waals surface area contributed by atoms with Gasteiger partial charge in [-0.1, -0.05) is 38.5 Å². The average Bonchev–Trinajstić information content (AvgIpc) is 3.09. The Morgan fingerprint density at radius 2 is 2.00 bits per heavy atom. The molecular weight excluding hydrogens is 356 g/mol. The third kappa shape index (κ3) is 3.93. The molecule has 148 valence electrons. The second kappa shape index (κ2) is 8.73. The molecule has 3 N–H and O–H groups in total. The minimum absolute atomic E-state index is 0.0946. The molecule has 0 aliphatic carbocycles. The van der Waals surface area contributed by atoms with Crippen LogP contribution in [-0.2, 0) is 13.0 Å². The predicted octanol–water partition coefficient (Wildman–Crippen LogP) is 2.97. The van der Waals surface area contributed by atoms with Crippen LogP contribution < -0.4 is 11.2 Å². The number of aromatic amines is 2. The predicted molar refractivity (Wildman–Crippen MR) is 112 cm³/mol. The molecule has 7 nitrogen and oxygen atoms in total. The maximum atomic E-state index is 12.3. The summed E-state index contributed by atoms with van der Waals surface area (Å²) in [5, 5.41) is 11.7. The molecule has 0 saturated heterocycles. The molecule has 7 heteroatoms. The maximum absolute atomic E-state index is 12.3. The average molecular weight is 382 g/mol. The number of nitrogens with zero attached hydrogens (tertiary/aromatic N) is 2. The molecule has 3 rings (SSSR count). The topological polar surface area (TPSA) is 103 Å². The number of H-pyrrole nitrogens is 2. The van der Waals surface area contributed by atoms with Crippen molar-refractivity contribution in [3.05, 3.63) is 62.4 Å². The number of aliphatic imine (C=N–C) groups is 1. The minimum atomic E-state index is -0.594. The second-order valence-corrected chi connectivity index (χ2v) is 6.75. The van der Waals surface area contributed by atoms with Crippen LogP contribution in [0.15, 0.2) is 45.0 Å². The molecule has 0 bridgehead atoms. The molecule has 0 radical (unpaired) electrons. The van der Waals surface area contributed by atoms with Gasteiger partial charge in [0, 0.05) is 30.2 Å². The SMILES string of the molecule is CCCCn1c(O)c(C(CC)=NCCc2c[nH]c3ccccc23)c(=O)[nH]c1=O. The molecule has 2 aromatic heterocycles. The summed E-state index contributed by atoms with van der Waals surface area (Å²) < 4.78 is 1.21. The van der Waals surface area contributed by atoms with Crippen molar-refractivity contribution in [3.8, 4) is 5.88 Å². The fourth-order valence-electron chi connectivity index (χ4n) is 3.36. The lowest BCUT2D eigenvalue weighted by molar-refractivity contribution is 0.394. The van der Waals surface area contributed by atoms with Gasteiger partial charge in [0.2, 0.25) is 5.88 Å². The maximum Gasteiger partial charge on any atom is 0.331 e. The van der Waals surface area contributed by atoms with Gasteiger partial charge in [0.05, 0.1) is 5.71 Å². The molecule has 0 atom stereocenters. The van der Waals surface area contributed by atoms with E-state index < -0.39 is 11.2 Å². The number of hydrogen-bond acceptors (Lipinski definition) is 4. The lowest BCUT2D eigenvalue weighted by atomic mass is 10.1. The van der Waals surface area contributed by atoms with Crippen LogP contribution in [0.5, 0.6) is 5.88 Å². The van der Waals surface area contributed by atoms with E-state index in [9.17, 15) is 14.7 Å². The van der Waals surface area contributed by atoms with E-state index in [1.165, 1.54) is 4.57 Å². The van der Waals surface area contributed by atoms with Gasteiger partial charge in [-0.2, -0.15) is 0 Å². The molecule has 0 amide bonds. The molecular formula is C21H26N4O3. The first kappa shape index (κ1) is 19.7. The zero-order chi connectivity index (χ0) is 20.1. The molecule has 0 aliphatic rings. The molecule has 2 heterocycles. The highest BCUT2D eigenvalue weighted by molar-refractivity contribution is 6.01. The number of hydrogen-bond donors (Lipinski definition) is 3. The van der Waals surface area contributed by atoms with E-state index in [0.717, 1.165) is 29.3 Å². The van der Waals surface area contributed by atoms with Gasteiger partial charge in [-0.15, -0.1) is 0 Å². The highest BCUT2D eigenvalue weighted by atomic mass is 16.3. The highest BCUT2D eigenvalue weighted by Crippen LogP contribution is 2.19. The summed E-state index contributed by atoms with van der Waals surface area (Å²) in [6, 6.07) is 8.07. The van der Waals surface area contributed by atoms with E-state index in [1.807, 2.05) is 38.2 Å². The number of nitrogens with one attached hydrogen (secondary N) is 2. The molecule has 0 unspecified atom stereocenters. The molecule has 0 saturated carbocycles. The second-order valence-electron chi connectivity index (χ2n) is 6.75. The lowest BCUT2D eigenvalue weighted by Gasteiger charge is -2.12. The van der Waals surface area contributed by atoms with Gasteiger partial charge in [0.15, 0.2) is 0 Å². The van der Waals surface area contributed by atoms with Crippen molar-refractivity contribution >= 4 is 16.6 Å². The highest BCUT2D eigenvalue weighted by Gasteiger charge is 2.18. The van der Waals surface area contributed by atoms with Crippen molar-refractivity contribution in [2.75, 3.05) is 6.54 Å². The van der Waals surface area contributed by atoms with Gasteiger partial charge in [-0.3, -0.25) is 19.3 Å². The van der Waals surface area contributed by atoms with Gasteiger partial charge in [0.1, 0.15) is 5.56 Å². The third-order valence-corrected chi connectivity index (χ3v) is 4.89. The van der Waals surface area contributed by atoms with E-state index >= 15 is 0 Å². The molecule has 3 aromatic rings. The quantitative estimate of drug-likeness (QED) is 0.522. The number of para-hydroxylation sites is 1. The van der Waals surface area contributed by atoms with E-state index in [4.69, 9.17) is 0 Å². The van der Waals surface area contributed by atoms with E-state index in [2.05, 4.69) is 21.0 Å². The summed E-state index contributed by atoms with van der Waals surface area (Å²) in [5.41, 5.74) is 1.65. The number of fused-ring (bicyclic) bond motifs is 1. The van der Waals surface area contributed by atoms with Crippen LogP contribution >= 0.6 is 0 Å². The summed E-state index contributed by atoms with van der Waals surface area (Å²) in [6.45, 7) is 4.72. The third-order valence-electron chi connectivity index (χ3n) is 4.89. The summed E-state index contributed by atoms with van der Waals surface area (Å²) in [7, 11) is 0. The number of aromatic hydroxyl groups is 1. The molecule has 0 fully saturated rings. The van der Waals surface area contributed by atoms with Crippen molar-refractivity contribution in [2.45, 2.75) is 46.1 Å². The zero-order valence-corrected chi connectivity index (χ0v) is 16.3. The van der Waals surface area contributed by atoms with Gasteiger partial charge >= 0.3 is 5.69 Å². The fourth-order valence-corrected chi connectivity index (χ4v) is 3.36. The molecule has 1 aromatic carbocycles. The smallest absolute Gasteiger partial charge is 0.331 e. The Labute approximate surface area is 162 Å². The Morgan fingerprint density at radius 3 is 2.75 bits per heavy atom. The Bertz CT molecular complexity index is 1100.